The van der Waals surface area contributed by atoms with Crippen LogP contribution in [-0.4, -0.2) is 39.0 Å². The van der Waals surface area contributed by atoms with E-state index in [9.17, 15) is 9.59 Å². The summed E-state index contributed by atoms with van der Waals surface area (Å²) in [6, 6.07) is 7.05. The molecule has 1 amide bonds. The molecule has 0 radical (unpaired) electrons. The van der Waals surface area contributed by atoms with Crippen LogP contribution in [0.4, 0.5) is 5.69 Å². The van der Waals surface area contributed by atoms with Gasteiger partial charge in [-0.2, -0.15) is 10.2 Å². The highest BCUT2D eigenvalue weighted by Crippen LogP contribution is 2.21. The number of nitrogens with zero attached hydrogens (tertiary/aromatic N) is 3. The Morgan fingerprint density at radius 3 is 2.88 bits per heavy atom. The first-order chi connectivity index (χ1) is 12.1. The third-order valence-electron chi connectivity index (χ3n) is 3.64. The van der Waals surface area contributed by atoms with Gasteiger partial charge < -0.3 is 10.1 Å². The lowest BCUT2D eigenvalue weighted by atomic mass is 10.1. The van der Waals surface area contributed by atoms with Gasteiger partial charge in [0.15, 0.2) is 0 Å². The first-order valence-corrected chi connectivity index (χ1v) is 7.56. The molecule has 0 spiro atoms. The minimum absolute atomic E-state index is 0.146. The Morgan fingerprint density at radius 1 is 1.32 bits per heavy atom. The second-order valence-corrected chi connectivity index (χ2v) is 5.47. The lowest BCUT2D eigenvalue weighted by Gasteiger charge is -2.07. The number of esters is 1. The number of rotatable bonds is 5. The number of amides is 1. The summed E-state index contributed by atoms with van der Waals surface area (Å²) in [7, 11) is 3.14. The Morgan fingerprint density at radius 2 is 2.16 bits per heavy atom. The second-order valence-electron chi connectivity index (χ2n) is 5.47. The van der Waals surface area contributed by atoms with Crippen molar-refractivity contribution in [3.63, 3.8) is 0 Å². The van der Waals surface area contributed by atoms with Crippen LogP contribution in [0.3, 0.4) is 0 Å². The largest absolute Gasteiger partial charge is 0.469 e. The number of anilines is 1. The topological polar surface area (TPSA) is 102 Å². The lowest BCUT2D eigenvalue weighted by Crippen LogP contribution is -2.12. The molecule has 2 N–H and O–H groups in total. The van der Waals surface area contributed by atoms with Gasteiger partial charge in [-0.05, 0) is 17.7 Å². The standard InChI is InChI=1S/C17H17N5O3/c1-22-10-12(8-19-22)16-14(9-18-21-16)17(24)20-13-5-3-4-11(6-13)7-15(23)25-2/h3-6,8-10H,7H2,1-2H3,(H,18,21)(H,20,24). The predicted molar refractivity (Wildman–Crippen MR) is 90.9 cm³/mol. The normalized spacial score (nSPS) is 10.5. The van der Waals surface area contributed by atoms with Gasteiger partial charge in [0.1, 0.15) is 0 Å². The highest BCUT2D eigenvalue weighted by molar-refractivity contribution is 6.08. The summed E-state index contributed by atoms with van der Waals surface area (Å²) in [5.41, 5.74) is 3.11. The number of hydrogen-bond acceptors (Lipinski definition) is 5. The minimum Gasteiger partial charge on any atom is -0.469 e. The molecule has 128 valence electrons. The number of hydrogen-bond donors (Lipinski definition) is 2. The van der Waals surface area contributed by atoms with E-state index in [2.05, 4.69) is 25.3 Å². The number of carbonyl (C=O) groups is 2. The molecule has 0 saturated heterocycles. The van der Waals surface area contributed by atoms with Crippen molar-refractivity contribution >= 4 is 17.6 Å². The molecule has 3 aromatic rings. The van der Waals surface area contributed by atoms with Crippen LogP contribution < -0.4 is 5.32 Å². The van der Waals surface area contributed by atoms with E-state index in [0.29, 0.717) is 16.9 Å². The van der Waals surface area contributed by atoms with E-state index in [1.165, 1.54) is 13.3 Å². The molecule has 0 aliphatic rings. The molecule has 2 aromatic heterocycles. The number of carbonyl (C=O) groups excluding carboxylic acids is 2. The highest BCUT2D eigenvalue weighted by Gasteiger charge is 2.16. The molecule has 0 aliphatic carbocycles. The second kappa shape index (κ2) is 7.00. The zero-order valence-electron chi connectivity index (χ0n) is 13.8. The lowest BCUT2D eigenvalue weighted by molar-refractivity contribution is -0.139. The number of aromatic nitrogens is 4. The molecular weight excluding hydrogens is 322 g/mol. The van der Waals surface area contributed by atoms with Crippen molar-refractivity contribution in [3.05, 3.63) is 54.0 Å². The molecule has 0 unspecified atom stereocenters. The van der Waals surface area contributed by atoms with Crippen LogP contribution in [0.5, 0.6) is 0 Å². The van der Waals surface area contributed by atoms with Gasteiger partial charge in [-0.15, -0.1) is 0 Å². The highest BCUT2D eigenvalue weighted by atomic mass is 16.5. The van der Waals surface area contributed by atoms with Crippen LogP contribution in [0.15, 0.2) is 42.9 Å². The van der Waals surface area contributed by atoms with E-state index >= 15 is 0 Å². The average molecular weight is 339 g/mol. The molecule has 8 heteroatoms. The van der Waals surface area contributed by atoms with Crippen molar-refractivity contribution in [1.82, 2.24) is 20.0 Å². The Balaban J connectivity index is 1.78. The van der Waals surface area contributed by atoms with Crippen molar-refractivity contribution in [2.45, 2.75) is 6.42 Å². The summed E-state index contributed by atoms with van der Waals surface area (Å²) < 4.78 is 6.30. The number of aromatic amines is 1. The molecule has 0 bridgehead atoms. The quantitative estimate of drug-likeness (QED) is 0.690. The van der Waals surface area contributed by atoms with Crippen LogP contribution >= 0.6 is 0 Å². The number of benzene rings is 1. The van der Waals surface area contributed by atoms with Crippen LogP contribution in [0.2, 0.25) is 0 Å². The molecule has 2 heterocycles. The third-order valence-corrected chi connectivity index (χ3v) is 3.64. The number of ether oxygens (including phenoxy) is 1. The number of aryl methyl sites for hydroxylation is 1. The molecule has 1 aromatic carbocycles. The first kappa shape index (κ1) is 16.4. The van der Waals surface area contributed by atoms with E-state index in [-0.39, 0.29) is 18.3 Å². The average Bonchev–Trinajstić information content (AvgIpc) is 3.23. The van der Waals surface area contributed by atoms with Crippen molar-refractivity contribution in [1.29, 1.82) is 0 Å². The van der Waals surface area contributed by atoms with Gasteiger partial charge in [-0.25, -0.2) is 0 Å². The van der Waals surface area contributed by atoms with E-state index in [0.717, 1.165) is 11.1 Å². The van der Waals surface area contributed by atoms with Crippen molar-refractivity contribution in [2.24, 2.45) is 7.05 Å². The summed E-state index contributed by atoms with van der Waals surface area (Å²) in [4.78, 5) is 24.0. The summed E-state index contributed by atoms with van der Waals surface area (Å²) >= 11 is 0. The van der Waals surface area contributed by atoms with E-state index < -0.39 is 0 Å². The van der Waals surface area contributed by atoms with Gasteiger partial charge in [0.25, 0.3) is 5.91 Å². The Kier molecular flexibility index (Phi) is 4.60. The van der Waals surface area contributed by atoms with Crippen molar-refractivity contribution in [3.8, 4) is 11.3 Å². The summed E-state index contributed by atoms with van der Waals surface area (Å²) in [6.07, 6.45) is 5.06. The van der Waals surface area contributed by atoms with Crippen molar-refractivity contribution < 1.29 is 14.3 Å². The maximum Gasteiger partial charge on any atom is 0.309 e. The maximum absolute atomic E-state index is 12.6. The van der Waals surface area contributed by atoms with Crippen LogP contribution in [-0.2, 0) is 23.0 Å². The molecule has 0 fully saturated rings. The number of nitrogens with one attached hydrogen (secondary N) is 2. The summed E-state index contributed by atoms with van der Waals surface area (Å²) in [5.74, 6) is -0.639. The molecule has 0 saturated carbocycles. The van der Waals surface area contributed by atoms with Crippen molar-refractivity contribution in [2.75, 3.05) is 12.4 Å². The van der Waals surface area contributed by atoms with Gasteiger partial charge in [-0.1, -0.05) is 12.1 Å². The molecule has 0 aliphatic heterocycles. The minimum atomic E-state index is -0.336. The zero-order valence-corrected chi connectivity index (χ0v) is 13.8. The Hall–Kier alpha value is -3.42. The van der Waals surface area contributed by atoms with Gasteiger partial charge in [-0.3, -0.25) is 19.4 Å². The monoisotopic (exact) mass is 339 g/mol. The number of H-pyrrole nitrogens is 1. The van der Waals surface area contributed by atoms with Gasteiger partial charge in [0.05, 0.1) is 37.2 Å². The van der Waals surface area contributed by atoms with Gasteiger partial charge in [0, 0.05) is 24.5 Å². The van der Waals surface area contributed by atoms with Gasteiger partial charge >= 0.3 is 5.97 Å². The fraction of sp³-hybridized carbons (Fsp3) is 0.176. The fourth-order valence-corrected chi connectivity index (χ4v) is 2.42. The zero-order chi connectivity index (χ0) is 17.8. The molecule has 25 heavy (non-hydrogen) atoms. The summed E-state index contributed by atoms with van der Waals surface area (Å²) in [5, 5.41) is 13.7. The molecule has 0 atom stereocenters. The first-order valence-electron chi connectivity index (χ1n) is 7.56. The van der Waals surface area contributed by atoms with E-state index in [1.54, 1.807) is 48.4 Å². The van der Waals surface area contributed by atoms with Gasteiger partial charge in [0.2, 0.25) is 0 Å². The third kappa shape index (κ3) is 3.74. The van der Waals surface area contributed by atoms with Crippen LogP contribution in [0, 0.1) is 0 Å². The predicted octanol–water partition coefficient (Wildman–Crippen LogP) is 1.78. The smallest absolute Gasteiger partial charge is 0.309 e. The maximum atomic E-state index is 12.6. The van der Waals surface area contributed by atoms with Crippen LogP contribution in [0.25, 0.3) is 11.3 Å². The fourth-order valence-electron chi connectivity index (χ4n) is 2.42. The van der Waals surface area contributed by atoms with E-state index in [4.69, 9.17) is 0 Å². The molecule has 3 rings (SSSR count). The Labute approximate surface area is 143 Å². The SMILES string of the molecule is COC(=O)Cc1cccc(NC(=O)c2cn[nH]c2-c2cnn(C)c2)c1. The van der Waals surface area contributed by atoms with E-state index in [1.807, 2.05) is 0 Å². The molecule has 8 nitrogen and oxygen atoms in total. The molecular formula is C17H17N5O3. The summed E-state index contributed by atoms with van der Waals surface area (Å²) in [6.45, 7) is 0. The Bertz CT molecular complexity index is 912. The van der Waals surface area contributed by atoms with Crippen LogP contribution in [0.1, 0.15) is 15.9 Å². The number of methoxy groups -OCH3 is 1.